The highest BCUT2D eigenvalue weighted by Crippen LogP contribution is 2.28. The van der Waals surface area contributed by atoms with Crippen LogP contribution in [0, 0.1) is 0 Å². The molecule has 11 heteroatoms. The van der Waals surface area contributed by atoms with Crippen molar-refractivity contribution in [3.63, 3.8) is 0 Å². The van der Waals surface area contributed by atoms with Crippen LogP contribution in [-0.2, 0) is 6.54 Å². The Kier molecular flexibility index (Phi) is 6.11. The number of methoxy groups -OCH3 is 1. The van der Waals surface area contributed by atoms with E-state index in [1.807, 2.05) is 36.2 Å². The smallest absolute Gasteiger partial charge is 0.356 e. The van der Waals surface area contributed by atoms with Gasteiger partial charge < -0.3 is 25.4 Å². The zero-order valence-corrected chi connectivity index (χ0v) is 19.8. The third-order valence-corrected chi connectivity index (χ3v) is 5.86. The number of nitrogens with one attached hydrogen (secondary N) is 2. The number of amides is 1. The number of anilines is 3. The van der Waals surface area contributed by atoms with E-state index in [1.165, 1.54) is 16.9 Å². The van der Waals surface area contributed by atoms with Gasteiger partial charge in [-0.25, -0.2) is 19.3 Å². The molecule has 3 N–H and O–H groups in total. The fraction of sp³-hybridized carbons (Fsp3) is 0.240. The summed E-state index contributed by atoms with van der Waals surface area (Å²) in [6.45, 7) is 0.548. The Morgan fingerprint density at radius 1 is 1.19 bits per heavy atom. The molecule has 0 radical (unpaired) electrons. The third kappa shape index (κ3) is 4.76. The van der Waals surface area contributed by atoms with Gasteiger partial charge in [0, 0.05) is 31.9 Å². The number of carbonyl (C=O) groups is 2. The molecule has 11 nitrogen and oxygen atoms in total. The average molecular weight is 488 g/mol. The van der Waals surface area contributed by atoms with Crippen molar-refractivity contribution in [1.82, 2.24) is 24.9 Å². The Bertz CT molecular complexity index is 1430. The van der Waals surface area contributed by atoms with Crippen LogP contribution in [0.5, 0.6) is 5.75 Å². The minimum Gasteiger partial charge on any atom is -0.497 e. The van der Waals surface area contributed by atoms with Gasteiger partial charge in [0.1, 0.15) is 5.75 Å². The minimum atomic E-state index is -1.16. The number of aromatic nitrogens is 4. The van der Waals surface area contributed by atoms with E-state index in [4.69, 9.17) is 4.74 Å². The number of benzene rings is 1. The summed E-state index contributed by atoms with van der Waals surface area (Å²) < 4.78 is 6.73. The Hall–Kier alpha value is -4.67. The lowest BCUT2D eigenvalue weighted by molar-refractivity contribution is 0.0691. The quantitative estimate of drug-likeness (QED) is 0.325. The fourth-order valence-corrected chi connectivity index (χ4v) is 3.84. The molecule has 1 fully saturated rings. The number of carboxylic acid groups (broad SMARTS) is 1. The van der Waals surface area contributed by atoms with Crippen LogP contribution in [0.2, 0.25) is 0 Å². The Labute approximate surface area is 206 Å². The topological polar surface area (TPSA) is 134 Å². The van der Waals surface area contributed by atoms with E-state index in [0.29, 0.717) is 29.4 Å². The number of hydrogen-bond acceptors (Lipinski definition) is 8. The lowest BCUT2D eigenvalue weighted by Gasteiger charge is -2.21. The van der Waals surface area contributed by atoms with Gasteiger partial charge in [-0.2, -0.15) is 0 Å². The average Bonchev–Trinajstić information content (AvgIpc) is 3.59. The van der Waals surface area contributed by atoms with E-state index in [2.05, 4.69) is 25.7 Å². The molecule has 0 spiro atoms. The second kappa shape index (κ2) is 9.53. The van der Waals surface area contributed by atoms with E-state index in [1.54, 1.807) is 25.3 Å². The van der Waals surface area contributed by atoms with Gasteiger partial charge >= 0.3 is 5.97 Å². The molecule has 36 heavy (non-hydrogen) atoms. The van der Waals surface area contributed by atoms with Crippen LogP contribution in [0.3, 0.4) is 0 Å². The summed E-state index contributed by atoms with van der Waals surface area (Å²) in [4.78, 5) is 34.9. The van der Waals surface area contributed by atoms with Gasteiger partial charge in [0.05, 0.1) is 24.7 Å². The van der Waals surface area contributed by atoms with E-state index >= 15 is 0 Å². The maximum absolute atomic E-state index is 12.9. The summed E-state index contributed by atoms with van der Waals surface area (Å²) in [6.07, 6.45) is 4.83. The lowest BCUT2D eigenvalue weighted by atomic mass is 10.2. The molecule has 0 aliphatic heterocycles. The lowest BCUT2D eigenvalue weighted by Crippen LogP contribution is -2.27. The van der Waals surface area contributed by atoms with Gasteiger partial charge in [0.2, 0.25) is 0 Å². The summed E-state index contributed by atoms with van der Waals surface area (Å²) in [5.74, 6) is -0.313. The van der Waals surface area contributed by atoms with Crippen molar-refractivity contribution in [2.75, 3.05) is 24.4 Å². The number of pyridine rings is 1. The second-order valence-corrected chi connectivity index (χ2v) is 8.58. The van der Waals surface area contributed by atoms with Crippen LogP contribution >= 0.6 is 0 Å². The maximum atomic E-state index is 12.9. The summed E-state index contributed by atoms with van der Waals surface area (Å²) in [6, 6.07) is 12.9. The van der Waals surface area contributed by atoms with Gasteiger partial charge in [0.25, 0.3) is 5.91 Å². The normalized spacial score (nSPS) is 12.8. The number of carboxylic acids is 1. The molecule has 0 saturated heterocycles. The molecule has 3 heterocycles. The second-order valence-electron chi connectivity index (χ2n) is 8.58. The SMILES string of the molecule is COc1ccc(CN(C)c2cc(Nc3cccnc3C(=O)O)nn3c(C(=O)NC4CC4)cnc23)cc1. The summed E-state index contributed by atoms with van der Waals surface area (Å²) in [7, 11) is 3.53. The molecule has 1 saturated carbocycles. The first-order chi connectivity index (χ1) is 17.4. The zero-order chi connectivity index (χ0) is 25.2. The first-order valence-electron chi connectivity index (χ1n) is 11.4. The molecule has 5 rings (SSSR count). The molecule has 0 atom stereocenters. The van der Waals surface area contributed by atoms with Gasteiger partial charge in [-0.3, -0.25) is 4.79 Å². The molecule has 184 valence electrons. The zero-order valence-electron chi connectivity index (χ0n) is 19.8. The first-order valence-corrected chi connectivity index (χ1v) is 11.4. The highest BCUT2D eigenvalue weighted by molar-refractivity contribution is 5.95. The summed E-state index contributed by atoms with van der Waals surface area (Å²) in [5.41, 5.74) is 2.69. The van der Waals surface area contributed by atoms with Crippen molar-refractivity contribution in [3.8, 4) is 5.75 Å². The van der Waals surface area contributed by atoms with E-state index in [0.717, 1.165) is 24.2 Å². The molecule has 1 aliphatic carbocycles. The summed E-state index contributed by atoms with van der Waals surface area (Å²) >= 11 is 0. The van der Waals surface area contributed by atoms with Gasteiger partial charge in [0.15, 0.2) is 22.9 Å². The van der Waals surface area contributed by atoms with Crippen LogP contribution in [0.4, 0.5) is 17.2 Å². The van der Waals surface area contributed by atoms with Crippen LogP contribution in [0.25, 0.3) is 5.65 Å². The van der Waals surface area contributed by atoms with Gasteiger partial charge in [-0.05, 0) is 42.7 Å². The van der Waals surface area contributed by atoms with E-state index in [9.17, 15) is 14.7 Å². The fourth-order valence-electron chi connectivity index (χ4n) is 3.84. The monoisotopic (exact) mass is 487 g/mol. The number of ether oxygens (including phenoxy) is 1. The molecule has 4 aromatic rings. The number of rotatable bonds is 9. The number of aromatic carboxylic acids is 1. The van der Waals surface area contributed by atoms with Crippen LogP contribution in [0.15, 0.2) is 54.9 Å². The largest absolute Gasteiger partial charge is 0.497 e. The van der Waals surface area contributed by atoms with Crippen molar-refractivity contribution in [3.05, 3.63) is 71.8 Å². The minimum absolute atomic E-state index is 0.134. The molecule has 1 aromatic carbocycles. The number of fused-ring (bicyclic) bond motifs is 1. The van der Waals surface area contributed by atoms with Crippen molar-refractivity contribution < 1.29 is 19.4 Å². The number of hydrogen-bond donors (Lipinski definition) is 3. The van der Waals surface area contributed by atoms with Crippen molar-refractivity contribution in [1.29, 1.82) is 0 Å². The summed E-state index contributed by atoms with van der Waals surface area (Å²) in [5, 5.41) is 20.1. The Balaban J connectivity index is 1.54. The van der Waals surface area contributed by atoms with Gasteiger partial charge in [-0.15, -0.1) is 5.10 Å². The molecule has 1 amide bonds. The van der Waals surface area contributed by atoms with Crippen molar-refractivity contribution in [2.24, 2.45) is 0 Å². The molecule has 0 bridgehead atoms. The Morgan fingerprint density at radius 3 is 2.67 bits per heavy atom. The molecular weight excluding hydrogens is 462 g/mol. The molecule has 0 unspecified atom stereocenters. The molecule has 3 aromatic heterocycles. The number of imidazole rings is 1. The number of carbonyl (C=O) groups excluding carboxylic acids is 1. The highest BCUT2D eigenvalue weighted by atomic mass is 16.5. The van der Waals surface area contributed by atoms with Crippen LogP contribution in [-0.4, -0.2) is 56.8 Å². The standard InChI is InChI=1S/C25H25N7O4/c1-31(14-15-5-9-17(36-2)10-6-15)19-12-21(29-18-4-3-11-26-22(18)25(34)35)30-32-20(13-27-23(19)32)24(33)28-16-7-8-16/h3-6,9-13,16H,7-8,14H2,1-2H3,(H,28,33)(H,29,30)(H,34,35). The Morgan fingerprint density at radius 2 is 1.97 bits per heavy atom. The predicted molar refractivity (Wildman–Crippen MR) is 133 cm³/mol. The highest BCUT2D eigenvalue weighted by Gasteiger charge is 2.26. The van der Waals surface area contributed by atoms with Gasteiger partial charge in [-0.1, -0.05) is 12.1 Å². The molecule has 1 aliphatic rings. The van der Waals surface area contributed by atoms with Crippen molar-refractivity contribution in [2.45, 2.75) is 25.4 Å². The van der Waals surface area contributed by atoms with E-state index in [-0.39, 0.29) is 23.3 Å². The third-order valence-electron chi connectivity index (χ3n) is 5.86. The molecular formula is C25H25N7O4. The maximum Gasteiger partial charge on any atom is 0.356 e. The van der Waals surface area contributed by atoms with Crippen LogP contribution in [0.1, 0.15) is 39.4 Å². The van der Waals surface area contributed by atoms with Crippen LogP contribution < -0.4 is 20.3 Å². The number of nitrogens with zero attached hydrogens (tertiary/aromatic N) is 5. The van der Waals surface area contributed by atoms with Crippen molar-refractivity contribution >= 4 is 34.7 Å². The van der Waals surface area contributed by atoms with E-state index < -0.39 is 5.97 Å². The predicted octanol–water partition coefficient (Wildman–Crippen LogP) is 3.10. The first kappa shape index (κ1) is 23.1.